The summed E-state index contributed by atoms with van der Waals surface area (Å²) in [6, 6.07) is 17.4. The average molecular weight is 518 g/mol. The van der Waals surface area contributed by atoms with Crippen LogP contribution in [-0.4, -0.2) is 70.7 Å². The topological polar surface area (TPSA) is 107 Å². The number of anilines is 2. The van der Waals surface area contributed by atoms with Gasteiger partial charge in [-0.05, 0) is 55.9 Å². The Morgan fingerprint density at radius 2 is 1.87 bits per heavy atom. The molecule has 2 aromatic carbocycles. The highest BCUT2D eigenvalue weighted by Gasteiger charge is 2.34. The number of nitrogens with zero attached hydrogens (tertiary/aromatic N) is 3. The van der Waals surface area contributed by atoms with Crippen LogP contribution in [0.1, 0.15) is 29.8 Å². The first-order chi connectivity index (χ1) is 18.4. The second-order valence-electron chi connectivity index (χ2n) is 9.80. The highest BCUT2D eigenvalue weighted by Crippen LogP contribution is 2.35. The molecule has 3 aromatic rings. The van der Waals surface area contributed by atoms with Crippen LogP contribution in [0.4, 0.5) is 16.2 Å². The third-order valence-corrected chi connectivity index (χ3v) is 6.66. The van der Waals surface area contributed by atoms with Gasteiger partial charge < -0.3 is 25.4 Å². The number of rotatable bonds is 8. The molecule has 9 heteroatoms. The van der Waals surface area contributed by atoms with Crippen molar-refractivity contribution in [1.82, 2.24) is 14.8 Å². The number of ether oxygens (including phenoxy) is 1. The molecule has 9 nitrogen and oxygen atoms in total. The van der Waals surface area contributed by atoms with Crippen LogP contribution in [0.25, 0.3) is 0 Å². The zero-order chi connectivity index (χ0) is 27.1. The molecular weight excluding hydrogens is 482 g/mol. The van der Waals surface area contributed by atoms with Crippen molar-refractivity contribution >= 4 is 23.3 Å². The number of aromatic nitrogens is 1. The summed E-state index contributed by atoms with van der Waals surface area (Å²) in [4.78, 5) is 34.4. The lowest BCUT2D eigenvalue weighted by Gasteiger charge is -2.38. The largest absolute Gasteiger partial charge is 0.486 e. The number of likely N-dealkylation sites (N-methyl/N-ethyl adjacent to an activating group) is 1. The molecule has 4 rings (SSSR count). The summed E-state index contributed by atoms with van der Waals surface area (Å²) in [6.45, 7) is 5.43. The van der Waals surface area contributed by atoms with Crippen LogP contribution in [0.3, 0.4) is 0 Å². The summed E-state index contributed by atoms with van der Waals surface area (Å²) in [5.74, 6) is 0.0287. The zero-order valence-electron chi connectivity index (χ0n) is 22.0. The number of aliphatic hydroxyl groups excluding tert-OH is 1. The van der Waals surface area contributed by atoms with E-state index in [9.17, 15) is 14.7 Å². The van der Waals surface area contributed by atoms with E-state index in [1.54, 1.807) is 47.6 Å². The minimum atomic E-state index is -0.442. The molecule has 0 saturated heterocycles. The van der Waals surface area contributed by atoms with E-state index in [2.05, 4.69) is 20.5 Å². The van der Waals surface area contributed by atoms with Crippen LogP contribution in [0.15, 0.2) is 73.1 Å². The van der Waals surface area contributed by atoms with Crippen molar-refractivity contribution in [2.45, 2.75) is 32.5 Å². The molecule has 0 spiro atoms. The molecule has 3 atom stereocenters. The molecule has 0 fully saturated rings. The molecule has 0 unspecified atom stereocenters. The van der Waals surface area contributed by atoms with E-state index in [1.165, 1.54) is 0 Å². The number of carbonyl (C=O) groups is 2. The monoisotopic (exact) mass is 517 g/mol. The van der Waals surface area contributed by atoms with Gasteiger partial charge in [0.25, 0.3) is 5.91 Å². The van der Waals surface area contributed by atoms with E-state index >= 15 is 0 Å². The van der Waals surface area contributed by atoms with Gasteiger partial charge in [0.1, 0.15) is 6.10 Å². The smallest absolute Gasteiger partial charge is 0.323 e. The van der Waals surface area contributed by atoms with Gasteiger partial charge in [-0.2, -0.15) is 0 Å². The third kappa shape index (κ3) is 6.67. The van der Waals surface area contributed by atoms with Crippen molar-refractivity contribution in [1.29, 1.82) is 0 Å². The molecule has 0 radical (unpaired) electrons. The van der Waals surface area contributed by atoms with Crippen molar-refractivity contribution < 1.29 is 19.4 Å². The van der Waals surface area contributed by atoms with Crippen LogP contribution >= 0.6 is 0 Å². The van der Waals surface area contributed by atoms with Gasteiger partial charge in [0.05, 0.1) is 23.9 Å². The summed E-state index contributed by atoms with van der Waals surface area (Å²) in [6.07, 6.45) is 3.25. The van der Waals surface area contributed by atoms with E-state index < -0.39 is 6.03 Å². The van der Waals surface area contributed by atoms with Gasteiger partial charge >= 0.3 is 6.03 Å². The number of pyridine rings is 1. The van der Waals surface area contributed by atoms with Crippen molar-refractivity contribution in [3.8, 4) is 5.75 Å². The minimum absolute atomic E-state index is 0.0489. The number of amides is 3. The van der Waals surface area contributed by atoms with Gasteiger partial charge in [0, 0.05) is 43.6 Å². The fraction of sp³-hybridized carbons (Fsp3) is 0.345. The summed E-state index contributed by atoms with van der Waals surface area (Å²) < 4.78 is 6.57. The number of fused-ring (bicyclic) bond motifs is 1. The molecule has 2 heterocycles. The molecule has 3 amide bonds. The van der Waals surface area contributed by atoms with E-state index in [0.717, 1.165) is 5.56 Å². The number of carbonyl (C=O) groups excluding carboxylic acids is 2. The number of hydrogen-bond donors (Lipinski definition) is 3. The van der Waals surface area contributed by atoms with E-state index in [1.807, 2.05) is 51.2 Å². The second kappa shape index (κ2) is 12.5. The third-order valence-electron chi connectivity index (χ3n) is 6.66. The van der Waals surface area contributed by atoms with Crippen LogP contribution in [0, 0.1) is 5.92 Å². The maximum absolute atomic E-state index is 13.6. The minimum Gasteiger partial charge on any atom is -0.486 e. The first-order valence-corrected chi connectivity index (χ1v) is 12.8. The van der Waals surface area contributed by atoms with Crippen LogP contribution < -0.4 is 15.4 Å². The predicted molar refractivity (Wildman–Crippen MR) is 147 cm³/mol. The fourth-order valence-electron chi connectivity index (χ4n) is 4.54. The molecule has 1 aromatic heterocycles. The highest BCUT2D eigenvalue weighted by atomic mass is 16.5. The average Bonchev–Trinajstić information content (AvgIpc) is 2.91. The van der Waals surface area contributed by atoms with Gasteiger partial charge in [-0.15, -0.1) is 0 Å². The molecule has 200 valence electrons. The summed E-state index contributed by atoms with van der Waals surface area (Å²) in [5, 5.41) is 15.5. The van der Waals surface area contributed by atoms with E-state index in [-0.39, 0.29) is 30.6 Å². The number of urea groups is 1. The lowest BCUT2D eigenvalue weighted by atomic mass is 9.99. The lowest BCUT2D eigenvalue weighted by molar-refractivity contribution is 0.0343. The molecule has 1 aliphatic heterocycles. The number of aliphatic hydroxyl groups is 1. The van der Waals surface area contributed by atoms with Crippen molar-refractivity contribution in [3.05, 3.63) is 84.2 Å². The van der Waals surface area contributed by atoms with Gasteiger partial charge in [-0.1, -0.05) is 31.2 Å². The number of para-hydroxylation sites is 2. The van der Waals surface area contributed by atoms with Crippen LogP contribution in [-0.2, 0) is 6.54 Å². The van der Waals surface area contributed by atoms with E-state index in [0.29, 0.717) is 42.3 Å². The van der Waals surface area contributed by atoms with Gasteiger partial charge in [-0.25, -0.2) is 4.79 Å². The fourth-order valence-corrected chi connectivity index (χ4v) is 4.54. The Hall–Kier alpha value is -3.95. The Morgan fingerprint density at radius 3 is 2.58 bits per heavy atom. The van der Waals surface area contributed by atoms with Gasteiger partial charge in [0.2, 0.25) is 0 Å². The Morgan fingerprint density at radius 1 is 1.13 bits per heavy atom. The molecule has 3 N–H and O–H groups in total. The predicted octanol–water partition coefficient (Wildman–Crippen LogP) is 4.08. The summed E-state index contributed by atoms with van der Waals surface area (Å²) in [5.41, 5.74) is 2.52. The van der Waals surface area contributed by atoms with Gasteiger partial charge in [0.15, 0.2) is 5.75 Å². The molecule has 0 aliphatic carbocycles. The molecule has 1 aliphatic rings. The SMILES string of the molecule is C[C@@H]1CN([C@H](C)CO)C(=O)c2cccc(NC(=O)Nc3ccccc3)c2O[C@@H]1CN(C)Cc1ccncc1. The number of benzene rings is 2. The first-order valence-electron chi connectivity index (χ1n) is 12.8. The maximum atomic E-state index is 13.6. The number of hydrogen-bond acceptors (Lipinski definition) is 6. The molecule has 0 saturated carbocycles. The molecule has 38 heavy (non-hydrogen) atoms. The van der Waals surface area contributed by atoms with Crippen LogP contribution in [0.5, 0.6) is 5.75 Å². The Kier molecular flexibility index (Phi) is 8.93. The molecule has 0 bridgehead atoms. The van der Waals surface area contributed by atoms with Crippen LogP contribution in [0.2, 0.25) is 0 Å². The second-order valence-corrected chi connectivity index (χ2v) is 9.80. The Balaban J connectivity index is 1.63. The number of nitrogens with one attached hydrogen (secondary N) is 2. The molecular formula is C29H35N5O4. The van der Waals surface area contributed by atoms with Crippen molar-refractivity contribution in [3.63, 3.8) is 0 Å². The normalized spacial score (nSPS) is 18.1. The van der Waals surface area contributed by atoms with Gasteiger partial charge in [-0.3, -0.25) is 14.7 Å². The first kappa shape index (κ1) is 27.1. The highest BCUT2D eigenvalue weighted by molar-refractivity contribution is 6.04. The van der Waals surface area contributed by atoms with E-state index in [4.69, 9.17) is 4.74 Å². The van der Waals surface area contributed by atoms with Crippen molar-refractivity contribution in [2.24, 2.45) is 5.92 Å². The quantitative estimate of drug-likeness (QED) is 0.416. The summed E-state index contributed by atoms with van der Waals surface area (Å²) >= 11 is 0. The maximum Gasteiger partial charge on any atom is 0.323 e. The lowest BCUT2D eigenvalue weighted by Crippen LogP contribution is -2.49. The van der Waals surface area contributed by atoms with Crippen molar-refractivity contribution in [2.75, 3.05) is 37.4 Å². The zero-order valence-corrected chi connectivity index (χ0v) is 22.0. The standard InChI is InChI=1S/C29H35N5O4/c1-20-16-34(21(2)19-35)28(36)24-10-7-11-25(32-29(37)31-23-8-5-4-6-9-23)27(24)38-26(20)18-33(3)17-22-12-14-30-15-13-22/h4-15,20-21,26,35H,16-19H2,1-3H3,(H2,31,32,37)/t20-,21-,26-/m1/s1. The Bertz CT molecular complexity index is 1220. The summed E-state index contributed by atoms with van der Waals surface area (Å²) in [7, 11) is 2.02. The Labute approximate surface area is 223 Å².